The average Bonchev–Trinajstić information content (AvgIpc) is 2.98. The van der Waals surface area contributed by atoms with Gasteiger partial charge in [-0.1, -0.05) is 24.3 Å². The third-order valence-corrected chi connectivity index (χ3v) is 5.24. The molecule has 0 saturated carbocycles. The van der Waals surface area contributed by atoms with Gasteiger partial charge in [-0.2, -0.15) is 13.2 Å². The lowest BCUT2D eigenvalue weighted by molar-refractivity contribution is -0.137. The van der Waals surface area contributed by atoms with Crippen LogP contribution in [0.4, 0.5) is 17.6 Å². The van der Waals surface area contributed by atoms with Crippen LogP contribution in [0.3, 0.4) is 0 Å². The summed E-state index contributed by atoms with van der Waals surface area (Å²) in [7, 11) is 0. The number of halogens is 4. The van der Waals surface area contributed by atoms with Crippen molar-refractivity contribution >= 4 is 11.3 Å². The molecule has 1 unspecified atom stereocenters. The van der Waals surface area contributed by atoms with Gasteiger partial charge in [-0.15, -0.1) is 11.3 Å². The summed E-state index contributed by atoms with van der Waals surface area (Å²) in [4.78, 5) is 5.01. The number of alkyl halides is 3. The minimum atomic E-state index is -4.38. The van der Waals surface area contributed by atoms with Crippen LogP contribution in [-0.2, 0) is 12.6 Å². The molecule has 26 heavy (non-hydrogen) atoms. The fraction of sp³-hybridized carbons (Fsp3) is 0.211. The number of aliphatic hydroxyl groups excluding tert-OH is 1. The van der Waals surface area contributed by atoms with Crippen molar-refractivity contribution in [3.63, 3.8) is 0 Å². The number of hydrogen-bond acceptors (Lipinski definition) is 3. The van der Waals surface area contributed by atoms with Crippen LogP contribution in [0.2, 0.25) is 0 Å². The van der Waals surface area contributed by atoms with Crippen LogP contribution in [0.5, 0.6) is 0 Å². The maximum absolute atomic E-state index is 13.0. The van der Waals surface area contributed by atoms with Gasteiger partial charge in [0.1, 0.15) is 10.8 Å². The molecule has 0 fully saturated rings. The van der Waals surface area contributed by atoms with Gasteiger partial charge in [-0.3, -0.25) is 0 Å². The average molecular weight is 381 g/mol. The molecule has 0 radical (unpaired) electrons. The summed E-state index contributed by atoms with van der Waals surface area (Å²) in [5.41, 5.74) is 1.25. The molecule has 3 rings (SSSR count). The molecule has 0 bridgehead atoms. The van der Waals surface area contributed by atoms with Gasteiger partial charge < -0.3 is 5.11 Å². The molecule has 1 heterocycles. The lowest BCUT2D eigenvalue weighted by Gasteiger charge is -2.09. The van der Waals surface area contributed by atoms with Crippen molar-refractivity contribution in [3.05, 3.63) is 76.0 Å². The van der Waals surface area contributed by atoms with E-state index in [2.05, 4.69) is 4.98 Å². The van der Waals surface area contributed by atoms with Crippen LogP contribution < -0.4 is 0 Å². The summed E-state index contributed by atoms with van der Waals surface area (Å²) in [6, 6.07) is 10.6. The summed E-state index contributed by atoms with van der Waals surface area (Å²) >= 11 is 1.24. The number of thiazole rings is 1. The van der Waals surface area contributed by atoms with Crippen LogP contribution in [-0.4, -0.2) is 10.1 Å². The predicted octanol–water partition coefficient (Wildman–Crippen LogP) is 5.55. The molecule has 2 nitrogen and oxygen atoms in total. The summed E-state index contributed by atoms with van der Waals surface area (Å²) in [6.07, 6.45) is -4.90. The SMILES string of the molecule is Cc1nc(-c2ccc(C(F)(F)F)cc2)sc1C(O)Cc1ccc(F)cc1. The molecule has 1 aromatic heterocycles. The van der Waals surface area contributed by atoms with Gasteiger partial charge in [0.25, 0.3) is 0 Å². The molecule has 7 heteroatoms. The summed E-state index contributed by atoms with van der Waals surface area (Å²) in [5, 5.41) is 11.0. The number of nitrogens with zero attached hydrogens (tertiary/aromatic N) is 1. The number of aryl methyl sites for hydroxylation is 1. The van der Waals surface area contributed by atoms with Gasteiger partial charge in [0.05, 0.1) is 22.2 Å². The summed E-state index contributed by atoms with van der Waals surface area (Å²) in [6.45, 7) is 1.74. The molecular weight excluding hydrogens is 366 g/mol. The largest absolute Gasteiger partial charge is 0.416 e. The molecular formula is C19H15F4NOS. The maximum Gasteiger partial charge on any atom is 0.416 e. The molecule has 1 atom stereocenters. The first-order valence-corrected chi connectivity index (χ1v) is 8.63. The molecule has 0 saturated heterocycles. The molecule has 1 N–H and O–H groups in total. The van der Waals surface area contributed by atoms with Crippen LogP contribution in [0.15, 0.2) is 48.5 Å². The lowest BCUT2D eigenvalue weighted by atomic mass is 10.1. The molecule has 2 aromatic carbocycles. The Balaban J connectivity index is 1.81. The second-order valence-electron chi connectivity index (χ2n) is 5.89. The van der Waals surface area contributed by atoms with E-state index < -0.39 is 17.8 Å². The van der Waals surface area contributed by atoms with Gasteiger partial charge in [0, 0.05) is 12.0 Å². The first-order valence-electron chi connectivity index (χ1n) is 7.81. The number of rotatable bonds is 4. The fourth-order valence-electron chi connectivity index (χ4n) is 2.58. The standard InChI is InChI=1S/C19H15F4NOS/c1-11-17(16(25)10-12-2-8-15(20)9-3-12)26-18(24-11)13-4-6-14(7-5-13)19(21,22)23/h2-9,16,25H,10H2,1H3. The predicted molar refractivity (Wildman–Crippen MR) is 92.4 cm³/mol. The molecule has 0 aliphatic carbocycles. The van der Waals surface area contributed by atoms with E-state index in [0.717, 1.165) is 17.7 Å². The second kappa shape index (κ2) is 7.17. The summed E-state index contributed by atoms with van der Waals surface area (Å²) in [5.74, 6) is -0.346. The van der Waals surface area contributed by atoms with Crippen molar-refractivity contribution in [1.82, 2.24) is 4.98 Å². The molecule has 0 aliphatic heterocycles. The van der Waals surface area contributed by atoms with E-state index in [1.54, 1.807) is 19.1 Å². The van der Waals surface area contributed by atoms with Crippen molar-refractivity contribution in [1.29, 1.82) is 0 Å². The maximum atomic E-state index is 13.0. The van der Waals surface area contributed by atoms with Gasteiger partial charge in [0.2, 0.25) is 0 Å². The Kier molecular flexibility index (Phi) is 5.11. The van der Waals surface area contributed by atoms with E-state index >= 15 is 0 Å². The number of aliphatic hydroxyl groups is 1. The molecule has 0 spiro atoms. The van der Waals surface area contributed by atoms with Gasteiger partial charge in [-0.05, 0) is 36.8 Å². The third kappa shape index (κ3) is 4.11. The highest BCUT2D eigenvalue weighted by molar-refractivity contribution is 7.15. The van der Waals surface area contributed by atoms with E-state index in [0.29, 0.717) is 27.6 Å². The third-order valence-electron chi connectivity index (χ3n) is 3.94. The number of hydrogen-bond donors (Lipinski definition) is 1. The van der Waals surface area contributed by atoms with E-state index in [4.69, 9.17) is 0 Å². The highest BCUT2D eigenvalue weighted by Gasteiger charge is 2.30. The van der Waals surface area contributed by atoms with E-state index in [1.807, 2.05) is 0 Å². The smallest absolute Gasteiger partial charge is 0.387 e. The van der Waals surface area contributed by atoms with Crippen molar-refractivity contribution in [2.45, 2.75) is 25.6 Å². The highest BCUT2D eigenvalue weighted by atomic mass is 32.1. The molecule has 0 aliphatic rings. The highest BCUT2D eigenvalue weighted by Crippen LogP contribution is 2.35. The molecule has 136 valence electrons. The van der Waals surface area contributed by atoms with Crippen LogP contribution in [0, 0.1) is 12.7 Å². The van der Waals surface area contributed by atoms with Crippen LogP contribution in [0.1, 0.15) is 27.8 Å². The zero-order valence-electron chi connectivity index (χ0n) is 13.7. The quantitative estimate of drug-likeness (QED) is 0.601. The van der Waals surface area contributed by atoms with Gasteiger partial charge in [0.15, 0.2) is 0 Å². The van der Waals surface area contributed by atoms with Crippen molar-refractivity contribution in [2.75, 3.05) is 0 Å². The Morgan fingerprint density at radius 3 is 2.23 bits per heavy atom. The Morgan fingerprint density at radius 2 is 1.65 bits per heavy atom. The topological polar surface area (TPSA) is 33.1 Å². The van der Waals surface area contributed by atoms with Crippen molar-refractivity contribution < 1.29 is 22.7 Å². The summed E-state index contributed by atoms with van der Waals surface area (Å²) < 4.78 is 50.9. The normalized spacial score (nSPS) is 13.0. The zero-order chi connectivity index (χ0) is 18.9. The van der Waals surface area contributed by atoms with Gasteiger partial charge >= 0.3 is 6.18 Å². The van der Waals surface area contributed by atoms with Crippen LogP contribution in [0.25, 0.3) is 10.6 Å². The van der Waals surface area contributed by atoms with Gasteiger partial charge in [-0.25, -0.2) is 9.37 Å². The monoisotopic (exact) mass is 381 g/mol. The number of aromatic nitrogens is 1. The first-order chi connectivity index (χ1) is 12.2. The van der Waals surface area contributed by atoms with Crippen molar-refractivity contribution in [2.24, 2.45) is 0 Å². The first kappa shape index (κ1) is 18.5. The Bertz CT molecular complexity index is 885. The zero-order valence-corrected chi connectivity index (χ0v) is 14.5. The van der Waals surface area contributed by atoms with Crippen molar-refractivity contribution in [3.8, 4) is 10.6 Å². The Hall–Kier alpha value is -2.25. The molecule has 3 aromatic rings. The van der Waals surface area contributed by atoms with E-state index in [1.165, 1.54) is 35.6 Å². The minimum Gasteiger partial charge on any atom is -0.387 e. The minimum absolute atomic E-state index is 0.301. The lowest BCUT2D eigenvalue weighted by Crippen LogP contribution is -2.03. The fourth-order valence-corrected chi connectivity index (χ4v) is 3.64. The second-order valence-corrected chi connectivity index (χ2v) is 6.92. The Labute approximate surface area is 151 Å². The molecule has 0 amide bonds. The number of benzene rings is 2. The Morgan fingerprint density at radius 1 is 1.04 bits per heavy atom. The van der Waals surface area contributed by atoms with Crippen LogP contribution >= 0.6 is 11.3 Å². The van der Waals surface area contributed by atoms with E-state index in [-0.39, 0.29) is 5.82 Å². The van der Waals surface area contributed by atoms with E-state index in [9.17, 15) is 22.7 Å².